The van der Waals surface area contributed by atoms with Crippen LogP contribution in [-0.2, 0) is 11.3 Å². The van der Waals surface area contributed by atoms with Crippen LogP contribution in [0.2, 0.25) is 0 Å². The highest BCUT2D eigenvalue weighted by atomic mass is 32.2. The Morgan fingerprint density at radius 3 is 2.94 bits per heavy atom. The van der Waals surface area contributed by atoms with E-state index in [0.29, 0.717) is 0 Å². The Balaban J connectivity index is 1.63. The van der Waals surface area contributed by atoms with Gasteiger partial charge in [0.2, 0.25) is 0 Å². The van der Waals surface area contributed by atoms with E-state index in [9.17, 15) is 0 Å². The van der Waals surface area contributed by atoms with Crippen molar-refractivity contribution in [1.82, 2.24) is 5.32 Å². The zero-order valence-electron chi connectivity index (χ0n) is 10.6. The summed E-state index contributed by atoms with van der Waals surface area (Å²) in [4.78, 5) is 4.71. The summed E-state index contributed by atoms with van der Waals surface area (Å²) in [5, 5.41) is 9.12. The van der Waals surface area contributed by atoms with E-state index in [0.717, 1.165) is 43.5 Å². The Hall–Kier alpha value is -0.520. The van der Waals surface area contributed by atoms with E-state index in [1.165, 1.54) is 11.1 Å². The highest BCUT2D eigenvalue weighted by molar-refractivity contribution is 8.14. The summed E-state index contributed by atoms with van der Waals surface area (Å²) >= 11 is 3.62. The Bertz CT molecular complexity index is 450. The van der Waals surface area contributed by atoms with Crippen LogP contribution < -0.4 is 5.32 Å². The third-order valence-corrected chi connectivity index (χ3v) is 5.77. The van der Waals surface area contributed by atoms with Gasteiger partial charge in [0.15, 0.2) is 5.17 Å². The number of hydrogen-bond donors (Lipinski definition) is 1. The second-order valence-corrected chi connectivity index (χ2v) is 6.72. The molecule has 2 fully saturated rings. The molecule has 0 aromatic carbocycles. The maximum atomic E-state index is 5.44. The van der Waals surface area contributed by atoms with Gasteiger partial charge in [-0.1, -0.05) is 11.8 Å². The van der Waals surface area contributed by atoms with E-state index < -0.39 is 0 Å². The molecule has 2 aliphatic heterocycles. The topological polar surface area (TPSA) is 33.6 Å². The van der Waals surface area contributed by atoms with E-state index in [1.807, 2.05) is 11.8 Å². The second kappa shape index (κ2) is 5.23. The van der Waals surface area contributed by atoms with Gasteiger partial charge in [0, 0.05) is 19.0 Å². The van der Waals surface area contributed by atoms with Crippen molar-refractivity contribution in [3.8, 4) is 0 Å². The van der Waals surface area contributed by atoms with Gasteiger partial charge >= 0.3 is 0 Å². The Kier molecular flexibility index (Phi) is 3.63. The number of hydrogen-bond acceptors (Lipinski definition) is 4. The highest BCUT2D eigenvalue weighted by Gasteiger charge is 2.38. The summed E-state index contributed by atoms with van der Waals surface area (Å²) in [6, 6.07) is 0. The fraction of sp³-hybridized carbons (Fsp3) is 0.615. The van der Waals surface area contributed by atoms with Gasteiger partial charge in [-0.2, -0.15) is 11.3 Å². The van der Waals surface area contributed by atoms with Gasteiger partial charge in [-0.3, -0.25) is 4.99 Å². The average molecular weight is 282 g/mol. The van der Waals surface area contributed by atoms with Gasteiger partial charge in [-0.25, -0.2) is 0 Å². The molecule has 2 saturated heterocycles. The number of thioether (sulfide) groups is 1. The standard InChI is InChI=1S/C13H18N2OS2/c1-10-7-17-8-11(10)6-14-12-15-13(9-18-12)2-4-16-5-3-13/h7-8H,2-6,9H2,1H3,(H,14,15). The fourth-order valence-corrected chi connectivity index (χ4v) is 4.39. The Morgan fingerprint density at radius 2 is 2.22 bits per heavy atom. The number of aliphatic imine (C=N–C) groups is 1. The largest absolute Gasteiger partial charge is 0.381 e. The molecule has 1 aromatic rings. The van der Waals surface area contributed by atoms with Crippen LogP contribution in [0.4, 0.5) is 0 Å². The van der Waals surface area contributed by atoms with Gasteiger partial charge in [0.05, 0.1) is 12.1 Å². The number of thiophene rings is 1. The summed E-state index contributed by atoms with van der Waals surface area (Å²) in [5.41, 5.74) is 2.96. The minimum Gasteiger partial charge on any atom is -0.381 e. The number of nitrogens with zero attached hydrogens (tertiary/aromatic N) is 1. The van der Waals surface area contributed by atoms with Crippen LogP contribution in [-0.4, -0.2) is 29.7 Å². The minimum atomic E-state index is 0.255. The second-order valence-electron chi connectivity index (χ2n) is 5.01. The van der Waals surface area contributed by atoms with Crippen molar-refractivity contribution in [2.45, 2.75) is 31.8 Å². The van der Waals surface area contributed by atoms with Gasteiger partial charge in [0.1, 0.15) is 0 Å². The van der Waals surface area contributed by atoms with Crippen molar-refractivity contribution >= 4 is 28.3 Å². The molecule has 0 bridgehead atoms. The van der Waals surface area contributed by atoms with E-state index in [4.69, 9.17) is 9.73 Å². The molecule has 0 amide bonds. The molecule has 3 nitrogen and oxygen atoms in total. The van der Waals surface area contributed by atoms with Crippen LogP contribution in [0.25, 0.3) is 0 Å². The summed E-state index contributed by atoms with van der Waals surface area (Å²) in [5.74, 6) is 1.14. The van der Waals surface area contributed by atoms with E-state index in [-0.39, 0.29) is 5.54 Å². The van der Waals surface area contributed by atoms with E-state index >= 15 is 0 Å². The smallest absolute Gasteiger partial charge is 0.157 e. The van der Waals surface area contributed by atoms with Crippen molar-refractivity contribution in [2.75, 3.05) is 19.0 Å². The molecule has 0 aliphatic carbocycles. The number of nitrogens with one attached hydrogen (secondary N) is 1. The Morgan fingerprint density at radius 1 is 1.39 bits per heavy atom. The molecule has 98 valence electrons. The summed E-state index contributed by atoms with van der Waals surface area (Å²) < 4.78 is 5.44. The lowest BCUT2D eigenvalue weighted by atomic mass is 9.93. The quantitative estimate of drug-likeness (QED) is 0.905. The molecule has 1 N–H and O–H groups in total. The van der Waals surface area contributed by atoms with Crippen LogP contribution in [0.15, 0.2) is 15.8 Å². The molecule has 5 heteroatoms. The van der Waals surface area contributed by atoms with Gasteiger partial charge in [-0.05, 0) is 41.7 Å². The molecular formula is C13H18N2OS2. The first kappa shape index (κ1) is 12.5. The normalized spacial score (nSPS) is 24.6. The van der Waals surface area contributed by atoms with Gasteiger partial charge < -0.3 is 10.1 Å². The van der Waals surface area contributed by atoms with Crippen LogP contribution >= 0.6 is 23.1 Å². The third kappa shape index (κ3) is 2.58. The molecule has 0 saturated carbocycles. The molecule has 0 radical (unpaired) electrons. The fourth-order valence-electron chi connectivity index (χ4n) is 2.33. The monoisotopic (exact) mass is 282 g/mol. The van der Waals surface area contributed by atoms with Gasteiger partial charge in [-0.15, -0.1) is 0 Å². The first-order valence-electron chi connectivity index (χ1n) is 6.32. The molecule has 18 heavy (non-hydrogen) atoms. The molecule has 3 heterocycles. The number of aryl methyl sites for hydroxylation is 1. The Labute approximate surface area is 116 Å². The summed E-state index contributed by atoms with van der Waals surface area (Å²) in [7, 11) is 0. The summed E-state index contributed by atoms with van der Waals surface area (Å²) in [6.45, 7) is 4.72. The predicted molar refractivity (Wildman–Crippen MR) is 78.6 cm³/mol. The van der Waals surface area contributed by atoms with Crippen molar-refractivity contribution < 1.29 is 4.74 Å². The number of amidine groups is 1. The SMILES string of the molecule is Cc1cscc1CN=C1NC2(CCOCC2)CS1. The molecule has 0 unspecified atom stereocenters. The zero-order chi connectivity index (χ0) is 12.4. The molecule has 2 aliphatic rings. The number of ether oxygens (including phenoxy) is 1. The zero-order valence-corrected chi connectivity index (χ0v) is 12.2. The van der Waals surface area contributed by atoms with Crippen molar-refractivity contribution in [3.05, 3.63) is 21.9 Å². The lowest BCUT2D eigenvalue weighted by Gasteiger charge is -2.32. The van der Waals surface area contributed by atoms with Gasteiger partial charge in [0.25, 0.3) is 0 Å². The first-order valence-corrected chi connectivity index (χ1v) is 8.25. The first-order chi connectivity index (χ1) is 8.77. The molecular weight excluding hydrogens is 264 g/mol. The van der Waals surface area contributed by atoms with Crippen LogP contribution in [0.5, 0.6) is 0 Å². The van der Waals surface area contributed by atoms with E-state index in [2.05, 4.69) is 23.0 Å². The van der Waals surface area contributed by atoms with Crippen LogP contribution in [0.3, 0.4) is 0 Å². The maximum Gasteiger partial charge on any atom is 0.157 e. The summed E-state index contributed by atoms with van der Waals surface area (Å²) in [6.07, 6.45) is 2.22. The van der Waals surface area contributed by atoms with Crippen molar-refractivity contribution in [1.29, 1.82) is 0 Å². The number of rotatable bonds is 2. The minimum absolute atomic E-state index is 0.255. The molecule has 1 aromatic heterocycles. The average Bonchev–Trinajstić information content (AvgIpc) is 2.96. The maximum absolute atomic E-state index is 5.44. The van der Waals surface area contributed by atoms with Crippen molar-refractivity contribution in [3.63, 3.8) is 0 Å². The predicted octanol–water partition coefficient (Wildman–Crippen LogP) is 2.80. The lowest BCUT2D eigenvalue weighted by Crippen LogP contribution is -2.48. The van der Waals surface area contributed by atoms with Crippen molar-refractivity contribution in [2.24, 2.45) is 4.99 Å². The highest BCUT2D eigenvalue weighted by Crippen LogP contribution is 2.32. The molecule has 1 spiro atoms. The molecule has 3 rings (SSSR count). The lowest BCUT2D eigenvalue weighted by molar-refractivity contribution is 0.0555. The third-order valence-electron chi connectivity index (χ3n) is 3.66. The van der Waals surface area contributed by atoms with Crippen LogP contribution in [0, 0.1) is 6.92 Å². The molecule has 0 atom stereocenters. The van der Waals surface area contributed by atoms with Crippen LogP contribution in [0.1, 0.15) is 24.0 Å². The van der Waals surface area contributed by atoms with E-state index in [1.54, 1.807) is 11.3 Å².